The number of furan rings is 1. The third-order valence-corrected chi connectivity index (χ3v) is 10.8. The lowest BCUT2D eigenvalue weighted by Crippen LogP contribution is -2.04. The molecule has 0 radical (unpaired) electrons. The van der Waals surface area contributed by atoms with Gasteiger partial charge in [-0.05, 0) is 90.2 Å². The number of benzene rings is 9. The molecule has 10 rings (SSSR count). The molecule has 0 aliphatic carbocycles. The van der Waals surface area contributed by atoms with Crippen molar-refractivity contribution in [1.82, 2.24) is 0 Å². The van der Waals surface area contributed by atoms with Gasteiger partial charge in [0.25, 0.3) is 0 Å². The van der Waals surface area contributed by atoms with Crippen molar-refractivity contribution in [2.75, 3.05) is 0 Å². The molecule has 0 aliphatic rings. The van der Waals surface area contributed by atoms with Gasteiger partial charge in [0.15, 0.2) is 0 Å². The fourth-order valence-corrected chi connectivity index (χ4v) is 8.07. The van der Waals surface area contributed by atoms with Crippen molar-refractivity contribution in [3.63, 3.8) is 0 Å². The van der Waals surface area contributed by atoms with Gasteiger partial charge >= 0.3 is 0 Å². The largest absolute Gasteiger partial charge is 0.456 e. The second-order valence-electron chi connectivity index (χ2n) is 14.1. The van der Waals surface area contributed by atoms with Crippen LogP contribution in [0.25, 0.3) is 77.2 Å². The van der Waals surface area contributed by atoms with E-state index in [1.165, 1.54) is 72.0 Å². The summed E-state index contributed by atoms with van der Waals surface area (Å²) in [7, 11) is 0. The molecule has 0 fully saturated rings. The minimum absolute atomic E-state index is 0.0412. The molecule has 0 saturated heterocycles. The molecule has 254 valence electrons. The van der Waals surface area contributed by atoms with Crippen LogP contribution in [0, 0.1) is 0 Å². The second-order valence-corrected chi connectivity index (χ2v) is 14.1. The van der Waals surface area contributed by atoms with Gasteiger partial charge in [-0.25, -0.2) is 0 Å². The molecule has 0 saturated carbocycles. The van der Waals surface area contributed by atoms with Crippen LogP contribution in [0.4, 0.5) is 0 Å². The maximum Gasteiger partial charge on any atom is 0.135 e. The molecule has 0 spiro atoms. The van der Waals surface area contributed by atoms with Gasteiger partial charge in [-0.3, -0.25) is 0 Å². The molecule has 0 amide bonds. The Morgan fingerprint density at radius 1 is 0.278 bits per heavy atom. The van der Waals surface area contributed by atoms with Crippen LogP contribution < -0.4 is 0 Å². The highest BCUT2D eigenvalue weighted by atomic mass is 16.3. The van der Waals surface area contributed by atoms with Gasteiger partial charge in [-0.15, -0.1) is 0 Å². The summed E-state index contributed by atoms with van der Waals surface area (Å²) in [5, 5.41) is 4.81. The van der Waals surface area contributed by atoms with Crippen LogP contribution in [0.1, 0.15) is 22.6 Å². The zero-order valence-corrected chi connectivity index (χ0v) is 29.7. The molecule has 10 aromatic rings. The van der Waals surface area contributed by atoms with Crippen molar-refractivity contribution in [3.05, 3.63) is 229 Å². The lowest BCUT2D eigenvalue weighted by molar-refractivity contribution is 0.669. The van der Waals surface area contributed by atoms with Gasteiger partial charge in [-0.1, -0.05) is 194 Å². The number of fused-ring (bicyclic) bond motifs is 4. The fourth-order valence-electron chi connectivity index (χ4n) is 8.07. The SMILES string of the molecule is c1ccc(-c2ccc(-c3ccc(C(c4ccc(-c5cccc6ccccc56)cc4)c4cccc(-c5ccc6oc7ccccc7c6c5)c4)cc3)cc2)cc1. The van der Waals surface area contributed by atoms with E-state index in [2.05, 4.69) is 200 Å². The molecule has 0 aliphatic heterocycles. The first-order chi connectivity index (χ1) is 26.7. The van der Waals surface area contributed by atoms with E-state index in [-0.39, 0.29) is 5.92 Å². The standard InChI is InChI=1S/C53H36O/c1-2-10-36(11-3-1)37-20-22-38(23-21-37)39-24-28-42(29-25-39)53(43-30-26-41(27-31-43)48-18-9-13-40-12-4-5-16-47(40)48)46-15-8-14-44(34-46)45-32-33-52-50(35-45)49-17-6-7-19-51(49)54-52/h1-35,53H. The molecule has 0 N–H and O–H groups in total. The van der Waals surface area contributed by atoms with Crippen LogP contribution in [0.2, 0.25) is 0 Å². The Hall–Kier alpha value is -6.96. The average molecular weight is 689 g/mol. The van der Waals surface area contributed by atoms with Crippen molar-refractivity contribution < 1.29 is 4.42 Å². The minimum atomic E-state index is 0.0412. The normalized spacial score (nSPS) is 12.0. The molecule has 1 nitrogen and oxygen atoms in total. The zero-order chi connectivity index (χ0) is 35.8. The van der Waals surface area contributed by atoms with Crippen LogP contribution in [0.5, 0.6) is 0 Å². The lowest BCUT2D eigenvalue weighted by atomic mass is 9.83. The van der Waals surface area contributed by atoms with E-state index in [1.807, 2.05) is 12.1 Å². The molecule has 0 bridgehead atoms. The summed E-state index contributed by atoms with van der Waals surface area (Å²) in [6.45, 7) is 0. The molecular weight excluding hydrogens is 653 g/mol. The van der Waals surface area contributed by atoms with Gasteiger partial charge in [0, 0.05) is 16.7 Å². The Bertz CT molecular complexity index is 2890. The number of hydrogen-bond donors (Lipinski definition) is 0. The van der Waals surface area contributed by atoms with Crippen LogP contribution in [-0.2, 0) is 0 Å². The average Bonchev–Trinajstić information content (AvgIpc) is 3.63. The number of rotatable bonds is 7. The predicted octanol–water partition coefficient (Wildman–Crippen LogP) is 14.6. The van der Waals surface area contributed by atoms with E-state index in [1.54, 1.807) is 0 Å². The number of para-hydroxylation sites is 1. The maximum absolute atomic E-state index is 6.15. The smallest absolute Gasteiger partial charge is 0.135 e. The summed E-state index contributed by atoms with van der Waals surface area (Å²) in [6.07, 6.45) is 0. The molecule has 1 aromatic heterocycles. The molecule has 1 heteroatoms. The van der Waals surface area contributed by atoms with E-state index in [9.17, 15) is 0 Å². The fraction of sp³-hybridized carbons (Fsp3) is 0.0189. The first kappa shape index (κ1) is 31.7. The lowest BCUT2D eigenvalue weighted by Gasteiger charge is -2.21. The monoisotopic (exact) mass is 688 g/mol. The van der Waals surface area contributed by atoms with Crippen molar-refractivity contribution in [1.29, 1.82) is 0 Å². The Balaban J connectivity index is 1.04. The summed E-state index contributed by atoms with van der Waals surface area (Å²) in [6, 6.07) is 76.9. The summed E-state index contributed by atoms with van der Waals surface area (Å²) in [5.74, 6) is 0.0412. The van der Waals surface area contributed by atoms with E-state index < -0.39 is 0 Å². The van der Waals surface area contributed by atoms with Crippen LogP contribution in [0.15, 0.2) is 217 Å². The quantitative estimate of drug-likeness (QED) is 0.152. The Morgan fingerprint density at radius 2 is 0.778 bits per heavy atom. The third-order valence-electron chi connectivity index (χ3n) is 10.8. The van der Waals surface area contributed by atoms with E-state index in [0.29, 0.717) is 0 Å². The van der Waals surface area contributed by atoms with Crippen molar-refractivity contribution in [2.45, 2.75) is 5.92 Å². The minimum Gasteiger partial charge on any atom is -0.456 e. The van der Waals surface area contributed by atoms with Gasteiger partial charge in [-0.2, -0.15) is 0 Å². The highest BCUT2D eigenvalue weighted by Crippen LogP contribution is 2.39. The van der Waals surface area contributed by atoms with Crippen molar-refractivity contribution in [3.8, 4) is 44.5 Å². The first-order valence-corrected chi connectivity index (χ1v) is 18.6. The van der Waals surface area contributed by atoms with Gasteiger partial charge < -0.3 is 4.42 Å². The van der Waals surface area contributed by atoms with Gasteiger partial charge in [0.2, 0.25) is 0 Å². The van der Waals surface area contributed by atoms with Crippen LogP contribution >= 0.6 is 0 Å². The van der Waals surface area contributed by atoms with Crippen molar-refractivity contribution in [2.24, 2.45) is 0 Å². The van der Waals surface area contributed by atoms with Gasteiger partial charge in [0.1, 0.15) is 11.2 Å². The molecule has 1 atom stereocenters. The van der Waals surface area contributed by atoms with E-state index in [4.69, 9.17) is 4.42 Å². The molecule has 1 unspecified atom stereocenters. The highest BCUT2D eigenvalue weighted by molar-refractivity contribution is 6.06. The highest BCUT2D eigenvalue weighted by Gasteiger charge is 2.19. The predicted molar refractivity (Wildman–Crippen MR) is 227 cm³/mol. The Kier molecular flexibility index (Phi) is 7.96. The summed E-state index contributed by atoms with van der Waals surface area (Å²) >= 11 is 0. The number of hydrogen-bond acceptors (Lipinski definition) is 1. The third kappa shape index (κ3) is 5.87. The summed E-state index contributed by atoms with van der Waals surface area (Å²) < 4.78 is 6.15. The topological polar surface area (TPSA) is 13.1 Å². The maximum atomic E-state index is 6.15. The van der Waals surface area contributed by atoms with E-state index in [0.717, 1.165) is 21.9 Å². The molecular formula is C53H36O. The zero-order valence-electron chi connectivity index (χ0n) is 29.7. The van der Waals surface area contributed by atoms with Crippen molar-refractivity contribution >= 4 is 32.7 Å². The Labute approximate surface area is 315 Å². The second kappa shape index (κ2) is 13.5. The summed E-state index contributed by atoms with van der Waals surface area (Å²) in [5.41, 5.74) is 15.3. The van der Waals surface area contributed by atoms with Crippen LogP contribution in [0.3, 0.4) is 0 Å². The van der Waals surface area contributed by atoms with E-state index >= 15 is 0 Å². The first-order valence-electron chi connectivity index (χ1n) is 18.6. The molecule has 9 aromatic carbocycles. The Morgan fingerprint density at radius 3 is 1.52 bits per heavy atom. The van der Waals surface area contributed by atoms with Crippen LogP contribution in [-0.4, -0.2) is 0 Å². The molecule has 54 heavy (non-hydrogen) atoms. The summed E-state index contributed by atoms with van der Waals surface area (Å²) in [4.78, 5) is 0. The molecule has 1 heterocycles. The van der Waals surface area contributed by atoms with Gasteiger partial charge in [0.05, 0.1) is 0 Å².